The van der Waals surface area contributed by atoms with Crippen LogP contribution in [0.2, 0.25) is 0 Å². The van der Waals surface area contributed by atoms with E-state index >= 15 is 0 Å². The fourth-order valence-electron chi connectivity index (χ4n) is 2.34. The number of pyridine rings is 1. The number of aromatic nitrogens is 1. The second kappa shape index (κ2) is 5.56. The average molecular weight is 283 g/mol. The molecule has 1 aromatic heterocycles. The highest BCUT2D eigenvalue weighted by atomic mass is 32.2. The molecular formula is C13H21N3O2S. The molecule has 0 aromatic carbocycles. The summed E-state index contributed by atoms with van der Waals surface area (Å²) < 4.78 is 26.9. The van der Waals surface area contributed by atoms with Crippen LogP contribution in [0.5, 0.6) is 0 Å². The Morgan fingerprint density at radius 3 is 2.58 bits per heavy atom. The van der Waals surface area contributed by atoms with E-state index in [1.807, 2.05) is 0 Å². The lowest BCUT2D eigenvalue weighted by molar-refractivity contribution is 0.133. The van der Waals surface area contributed by atoms with Crippen LogP contribution < -0.4 is 10.5 Å². The average Bonchev–Trinajstić information content (AvgIpc) is 2.38. The van der Waals surface area contributed by atoms with Gasteiger partial charge in [0, 0.05) is 19.3 Å². The Balaban J connectivity index is 2.05. The molecule has 106 valence electrons. The fraction of sp³-hybridized carbons (Fsp3) is 0.615. The minimum Gasteiger partial charge on any atom is -0.326 e. The molecule has 2 rings (SSSR count). The van der Waals surface area contributed by atoms with Gasteiger partial charge in [-0.15, -0.1) is 0 Å². The summed E-state index contributed by atoms with van der Waals surface area (Å²) in [5.41, 5.74) is 6.44. The highest BCUT2D eigenvalue weighted by molar-refractivity contribution is 7.89. The Hall–Kier alpha value is -0.980. The number of nitrogens with one attached hydrogen (secondary N) is 1. The van der Waals surface area contributed by atoms with Gasteiger partial charge in [0.25, 0.3) is 10.0 Å². The van der Waals surface area contributed by atoms with Crippen molar-refractivity contribution in [2.75, 3.05) is 6.54 Å². The summed E-state index contributed by atoms with van der Waals surface area (Å²) in [6, 6.07) is 3.20. The van der Waals surface area contributed by atoms with Crippen molar-refractivity contribution in [2.45, 2.75) is 44.2 Å². The van der Waals surface area contributed by atoms with Crippen LogP contribution >= 0.6 is 0 Å². The third kappa shape index (κ3) is 3.13. The van der Waals surface area contributed by atoms with Crippen molar-refractivity contribution in [2.24, 2.45) is 11.1 Å². The van der Waals surface area contributed by atoms with E-state index < -0.39 is 10.0 Å². The first kappa shape index (κ1) is 14.4. The number of nitrogens with zero attached hydrogens (tertiary/aromatic N) is 1. The third-order valence-corrected chi connectivity index (χ3v) is 5.43. The van der Waals surface area contributed by atoms with E-state index in [0.29, 0.717) is 13.1 Å². The number of rotatable bonds is 6. The smallest absolute Gasteiger partial charge is 0.258 e. The summed E-state index contributed by atoms with van der Waals surface area (Å²) >= 11 is 0. The largest absolute Gasteiger partial charge is 0.326 e. The molecule has 1 aliphatic carbocycles. The van der Waals surface area contributed by atoms with Gasteiger partial charge >= 0.3 is 0 Å². The van der Waals surface area contributed by atoms with Gasteiger partial charge in [-0.1, -0.05) is 19.4 Å². The zero-order valence-corrected chi connectivity index (χ0v) is 12.0. The minimum atomic E-state index is -3.51. The molecule has 5 nitrogen and oxygen atoms in total. The molecule has 19 heavy (non-hydrogen) atoms. The van der Waals surface area contributed by atoms with E-state index in [4.69, 9.17) is 5.73 Å². The summed E-state index contributed by atoms with van der Waals surface area (Å²) in [6.45, 7) is 2.98. The Morgan fingerprint density at radius 2 is 2.16 bits per heavy atom. The van der Waals surface area contributed by atoms with Crippen molar-refractivity contribution in [3.05, 3.63) is 23.9 Å². The molecule has 1 heterocycles. The van der Waals surface area contributed by atoms with Gasteiger partial charge in [0.1, 0.15) is 0 Å². The van der Waals surface area contributed by atoms with Crippen molar-refractivity contribution < 1.29 is 8.42 Å². The van der Waals surface area contributed by atoms with E-state index in [1.54, 1.807) is 6.07 Å². The van der Waals surface area contributed by atoms with Crippen molar-refractivity contribution in [1.82, 2.24) is 9.71 Å². The van der Waals surface area contributed by atoms with Crippen LogP contribution in [0.25, 0.3) is 0 Å². The van der Waals surface area contributed by atoms with E-state index in [-0.39, 0.29) is 10.4 Å². The molecule has 1 saturated carbocycles. The predicted octanol–water partition coefficient (Wildman–Crippen LogP) is 1.40. The maximum Gasteiger partial charge on any atom is 0.258 e. The molecule has 1 fully saturated rings. The first-order valence-electron chi connectivity index (χ1n) is 6.66. The minimum absolute atomic E-state index is 0.0651. The SMILES string of the molecule is CCC1(CNS(=O)(=O)c2ccc(CN)cn2)CCC1. The molecule has 0 bridgehead atoms. The number of sulfonamides is 1. The Kier molecular flexibility index (Phi) is 4.23. The summed E-state index contributed by atoms with van der Waals surface area (Å²) in [5.74, 6) is 0. The van der Waals surface area contributed by atoms with Crippen molar-refractivity contribution in [3.63, 3.8) is 0 Å². The lowest BCUT2D eigenvalue weighted by Gasteiger charge is -2.41. The molecule has 0 unspecified atom stereocenters. The van der Waals surface area contributed by atoms with Crippen LogP contribution in [0.1, 0.15) is 38.2 Å². The number of hydrogen-bond donors (Lipinski definition) is 2. The van der Waals surface area contributed by atoms with E-state index in [2.05, 4.69) is 16.6 Å². The lowest BCUT2D eigenvalue weighted by Crippen LogP contribution is -2.41. The highest BCUT2D eigenvalue weighted by Crippen LogP contribution is 2.43. The van der Waals surface area contributed by atoms with Gasteiger partial charge in [0.05, 0.1) is 0 Å². The van der Waals surface area contributed by atoms with Gasteiger partial charge in [-0.2, -0.15) is 0 Å². The van der Waals surface area contributed by atoms with Gasteiger partial charge in [-0.3, -0.25) is 0 Å². The van der Waals surface area contributed by atoms with Crippen LogP contribution in [-0.2, 0) is 16.6 Å². The molecule has 0 saturated heterocycles. The first-order valence-corrected chi connectivity index (χ1v) is 8.14. The second-order valence-corrected chi connectivity index (χ2v) is 6.95. The normalized spacial score (nSPS) is 18.0. The van der Waals surface area contributed by atoms with Gasteiger partial charge in [-0.25, -0.2) is 18.1 Å². The zero-order chi connectivity index (χ0) is 13.9. The van der Waals surface area contributed by atoms with Crippen LogP contribution in [-0.4, -0.2) is 19.9 Å². The second-order valence-electron chi connectivity index (χ2n) is 5.24. The van der Waals surface area contributed by atoms with E-state index in [1.165, 1.54) is 18.7 Å². The number of nitrogens with two attached hydrogens (primary N) is 1. The Bertz CT molecular complexity index is 516. The maximum atomic E-state index is 12.1. The Labute approximate surface area is 114 Å². The summed E-state index contributed by atoms with van der Waals surface area (Å²) in [5, 5.41) is 0.0651. The van der Waals surface area contributed by atoms with E-state index in [0.717, 1.165) is 24.8 Å². The fourth-order valence-corrected chi connectivity index (χ4v) is 3.43. The van der Waals surface area contributed by atoms with Gasteiger partial charge in [-0.05, 0) is 36.3 Å². The third-order valence-electron chi connectivity index (χ3n) is 4.11. The van der Waals surface area contributed by atoms with E-state index in [9.17, 15) is 8.42 Å². The van der Waals surface area contributed by atoms with Gasteiger partial charge < -0.3 is 5.73 Å². The topological polar surface area (TPSA) is 85.1 Å². The molecule has 1 aromatic rings. The molecule has 1 aliphatic rings. The van der Waals surface area contributed by atoms with Crippen LogP contribution in [0.15, 0.2) is 23.4 Å². The highest BCUT2D eigenvalue weighted by Gasteiger charge is 2.36. The summed E-state index contributed by atoms with van der Waals surface area (Å²) in [4.78, 5) is 3.96. The maximum absolute atomic E-state index is 12.1. The van der Waals surface area contributed by atoms with Crippen molar-refractivity contribution in [1.29, 1.82) is 0 Å². The molecule has 3 N–H and O–H groups in total. The summed E-state index contributed by atoms with van der Waals surface area (Å²) in [6.07, 6.45) is 5.92. The molecule has 0 spiro atoms. The van der Waals surface area contributed by atoms with Crippen LogP contribution in [0.4, 0.5) is 0 Å². The van der Waals surface area contributed by atoms with Gasteiger partial charge in [0.15, 0.2) is 5.03 Å². The number of hydrogen-bond acceptors (Lipinski definition) is 4. The van der Waals surface area contributed by atoms with Crippen molar-refractivity contribution >= 4 is 10.0 Å². The van der Waals surface area contributed by atoms with Crippen LogP contribution in [0.3, 0.4) is 0 Å². The zero-order valence-electron chi connectivity index (χ0n) is 11.2. The molecule has 0 aliphatic heterocycles. The summed E-state index contributed by atoms with van der Waals surface area (Å²) in [7, 11) is -3.51. The quantitative estimate of drug-likeness (QED) is 0.826. The molecule has 0 amide bonds. The monoisotopic (exact) mass is 283 g/mol. The molecule has 0 atom stereocenters. The lowest BCUT2D eigenvalue weighted by atomic mass is 9.67. The first-order chi connectivity index (χ1) is 9.01. The molecule has 0 radical (unpaired) electrons. The Morgan fingerprint density at radius 1 is 1.42 bits per heavy atom. The van der Waals surface area contributed by atoms with Gasteiger partial charge in [0.2, 0.25) is 0 Å². The predicted molar refractivity (Wildman–Crippen MR) is 73.9 cm³/mol. The standard InChI is InChI=1S/C13H21N3O2S/c1-2-13(6-3-7-13)10-16-19(17,18)12-5-4-11(8-14)9-15-12/h4-5,9,16H,2-3,6-8,10,14H2,1H3. The van der Waals surface area contributed by atoms with Crippen LogP contribution in [0, 0.1) is 5.41 Å². The molecule has 6 heteroatoms. The molecular weight excluding hydrogens is 262 g/mol. The van der Waals surface area contributed by atoms with Crippen molar-refractivity contribution in [3.8, 4) is 0 Å².